The fourth-order valence-corrected chi connectivity index (χ4v) is 4.59. The summed E-state index contributed by atoms with van der Waals surface area (Å²) in [5.41, 5.74) is 6.36. The van der Waals surface area contributed by atoms with E-state index >= 15 is 0 Å². The third kappa shape index (κ3) is 3.17. The number of sulfonamides is 1. The largest absolute Gasteiger partial charge is 0.326 e. The Bertz CT molecular complexity index is 567. The average Bonchev–Trinajstić information content (AvgIpc) is 2.46. The second-order valence-electron chi connectivity index (χ2n) is 5.22. The van der Waals surface area contributed by atoms with Crippen molar-refractivity contribution in [1.29, 1.82) is 0 Å². The standard InChI is InChI=1S/C14H21ClN2O2S/c1-2-11-5-7-17(8-6-11)20(18,19)14-4-3-12(10-16)9-13(14)15/h3-4,9,11H,2,5-8,10,16H2,1H3. The van der Waals surface area contributed by atoms with Gasteiger partial charge in [-0.3, -0.25) is 0 Å². The summed E-state index contributed by atoms with van der Waals surface area (Å²) >= 11 is 6.11. The Kier molecular flexibility index (Phi) is 5.07. The molecule has 1 heterocycles. The lowest BCUT2D eigenvalue weighted by Crippen LogP contribution is -2.38. The SMILES string of the molecule is CCC1CCN(S(=O)(=O)c2ccc(CN)cc2Cl)CC1. The summed E-state index contributed by atoms with van der Waals surface area (Å²) < 4.78 is 26.8. The lowest BCUT2D eigenvalue weighted by molar-refractivity contribution is 0.269. The molecule has 0 aliphatic carbocycles. The van der Waals surface area contributed by atoms with Gasteiger partial charge in [0, 0.05) is 19.6 Å². The van der Waals surface area contributed by atoms with Gasteiger partial charge in [-0.05, 0) is 36.5 Å². The van der Waals surface area contributed by atoms with Gasteiger partial charge in [0.1, 0.15) is 4.90 Å². The van der Waals surface area contributed by atoms with Crippen molar-refractivity contribution in [2.75, 3.05) is 13.1 Å². The van der Waals surface area contributed by atoms with E-state index in [2.05, 4.69) is 6.92 Å². The highest BCUT2D eigenvalue weighted by molar-refractivity contribution is 7.89. The van der Waals surface area contributed by atoms with Crippen LogP contribution in [0, 0.1) is 5.92 Å². The van der Waals surface area contributed by atoms with Crippen molar-refractivity contribution in [1.82, 2.24) is 4.31 Å². The molecular formula is C14H21ClN2O2S. The first kappa shape index (κ1) is 15.8. The highest BCUT2D eigenvalue weighted by atomic mass is 35.5. The molecule has 0 amide bonds. The molecule has 20 heavy (non-hydrogen) atoms. The van der Waals surface area contributed by atoms with Crippen molar-refractivity contribution in [2.45, 2.75) is 37.6 Å². The van der Waals surface area contributed by atoms with Gasteiger partial charge in [0.15, 0.2) is 0 Å². The summed E-state index contributed by atoms with van der Waals surface area (Å²) in [5, 5.41) is 0.255. The molecule has 0 atom stereocenters. The average molecular weight is 317 g/mol. The molecule has 6 heteroatoms. The molecule has 112 valence electrons. The van der Waals surface area contributed by atoms with Gasteiger partial charge in [-0.1, -0.05) is 31.0 Å². The highest BCUT2D eigenvalue weighted by Crippen LogP contribution is 2.29. The molecule has 2 N–H and O–H groups in total. The van der Waals surface area contributed by atoms with Crippen molar-refractivity contribution in [2.24, 2.45) is 11.7 Å². The van der Waals surface area contributed by atoms with Crippen LogP contribution in [0.4, 0.5) is 0 Å². The second-order valence-corrected chi connectivity index (χ2v) is 7.54. The zero-order valence-corrected chi connectivity index (χ0v) is 13.3. The number of nitrogens with two attached hydrogens (primary N) is 1. The first-order valence-electron chi connectivity index (χ1n) is 6.97. The Morgan fingerprint density at radius 1 is 1.35 bits per heavy atom. The Morgan fingerprint density at radius 2 is 2.00 bits per heavy atom. The van der Waals surface area contributed by atoms with Crippen LogP contribution >= 0.6 is 11.6 Å². The molecule has 1 aromatic rings. The molecule has 0 spiro atoms. The Hall–Kier alpha value is -0.620. The minimum Gasteiger partial charge on any atom is -0.326 e. The van der Waals surface area contributed by atoms with E-state index in [1.54, 1.807) is 22.5 Å². The lowest BCUT2D eigenvalue weighted by Gasteiger charge is -2.30. The smallest absolute Gasteiger partial charge is 0.244 e. The molecule has 0 unspecified atom stereocenters. The van der Waals surface area contributed by atoms with Crippen LogP contribution in [0.2, 0.25) is 5.02 Å². The molecule has 0 saturated carbocycles. The van der Waals surface area contributed by atoms with Gasteiger partial charge in [-0.25, -0.2) is 8.42 Å². The van der Waals surface area contributed by atoms with E-state index in [0.29, 0.717) is 25.6 Å². The lowest BCUT2D eigenvalue weighted by atomic mass is 9.96. The molecule has 1 saturated heterocycles. The maximum absolute atomic E-state index is 12.6. The van der Waals surface area contributed by atoms with Gasteiger partial charge < -0.3 is 5.73 Å². The molecule has 2 rings (SSSR count). The van der Waals surface area contributed by atoms with E-state index < -0.39 is 10.0 Å². The molecule has 1 aromatic carbocycles. The third-order valence-corrected chi connectivity index (χ3v) is 6.38. The van der Waals surface area contributed by atoms with Crippen molar-refractivity contribution in [3.63, 3.8) is 0 Å². The van der Waals surface area contributed by atoms with Crippen LogP contribution in [0.1, 0.15) is 31.7 Å². The van der Waals surface area contributed by atoms with Crippen molar-refractivity contribution in [3.05, 3.63) is 28.8 Å². The van der Waals surface area contributed by atoms with E-state index in [0.717, 1.165) is 24.8 Å². The van der Waals surface area contributed by atoms with E-state index in [4.69, 9.17) is 17.3 Å². The van der Waals surface area contributed by atoms with E-state index in [9.17, 15) is 8.42 Å². The molecule has 4 nitrogen and oxygen atoms in total. The van der Waals surface area contributed by atoms with Gasteiger partial charge in [-0.2, -0.15) is 4.31 Å². The predicted molar refractivity (Wildman–Crippen MR) is 81.1 cm³/mol. The summed E-state index contributed by atoms with van der Waals surface area (Å²) in [4.78, 5) is 0.186. The van der Waals surface area contributed by atoms with Gasteiger partial charge in [-0.15, -0.1) is 0 Å². The minimum absolute atomic E-state index is 0.186. The summed E-state index contributed by atoms with van der Waals surface area (Å²) in [6, 6.07) is 4.91. The van der Waals surface area contributed by atoms with Crippen LogP contribution in [-0.2, 0) is 16.6 Å². The minimum atomic E-state index is -3.49. The molecular weight excluding hydrogens is 296 g/mol. The van der Waals surface area contributed by atoms with Crippen LogP contribution in [-0.4, -0.2) is 25.8 Å². The molecule has 0 aromatic heterocycles. The van der Waals surface area contributed by atoms with Crippen LogP contribution in [0.15, 0.2) is 23.1 Å². The maximum atomic E-state index is 12.6. The normalized spacial score (nSPS) is 18.4. The second kappa shape index (κ2) is 6.43. The quantitative estimate of drug-likeness (QED) is 0.928. The fraction of sp³-hybridized carbons (Fsp3) is 0.571. The van der Waals surface area contributed by atoms with Crippen molar-refractivity contribution >= 4 is 21.6 Å². The maximum Gasteiger partial charge on any atom is 0.244 e. The highest BCUT2D eigenvalue weighted by Gasteiger charge is 2.30. The van der Waals surface area contributed by atoms with Crippen LogP contribution < -0.4 is 5.73 Å². The molecule has 0 bridgehead atoms. The third-order valence-electron chi connectivity index (χ3n) is 4.00. The van der Waals surface area contributed by atoms with Gasteiger partial charge in [0.25, 0.3) is 0 Å². The first-order chi connectivity index (χ1) is 9.48. The number of halogens is 1. The van der Waals surface area contributed by atoms with Gasteiger partial charge >= 0.3 is 0 Å². The molecule has 1 aliphatic heterocycles. The summed E-state index contributed by atoms with van der Waals surface area (Å²) in [7, 11) is -3.49. The number of hydrogen-bond acceptors (Lipinski definition) is 3. The van der Waals surface area contributed by atoms with Crippen LogP contribution in [0.25, 0.3) is 0 Å². The fourth-order valence-electron chi connectivity index (χ4n) is 2.58. The summed E-state index contributed by atoms with van der Waals surface area (Å²) in [6.45, 7) is 3.66. The topological polar surface area (TPSA) is 63.4 Å². The monoisotopic (exact) mass is 316 g/mol. The number of rotatable bonds is 4. The van der Waals surface area contributed by atoms with E-state index in [1.165, 1.54) is 0 Å². The van der Waals surface area contributed by atoms with Gasteiger partial charge in [0.2, 0.25) is 10.0 Å². The number of benzene rings is 1. The van der Waals surface area contributed by atoms with E-state index in [1.807, 2.05) is 0 Å². The number of hydrogen-bond donors (Lipinski definition) is 1. The van der Waals surface area contributed by atoms with Crippen molar-refractivity contribution in [3.8, 4) is 0 Å². The molecule has 0 radical (unpaired) electrons. The Balaban J connectivity index is 2.23. The zero-order chi connectivity index (χ0) is 14.8. The summed E-state index contributed by atoms with van der Waals surface area (Å²) in [5.74, 6) is 0.636. The Morgan fingerprint density at radius 3 is 2.50 bits per heavy atom. The molecule has 1 aliphatic rings. The van der Waals surface area contributed by atoms with Crippen molar-refractivity contribution < 1.29 is 8.42 Å². The summed E-state index contributed by atoms with van der Waals surface area (Å²) in [6.07, 6.45) is 2.96. The Labute approximate surface area is 126 Å². The predicted octanol–water partition coefficient (Wildman–Crippen LogP) is 2.61. The number of piperidine rings is 1. The van der Waals surface area contributed by atoms with Gasteiger partial charge in [0.05, 0.1) is 5.02 Å². The zero-order valence-electron chi connectivity index (χ0n) is 11.7. The first-order valence-corrected chi connectivity index (χ1v) is 8.79. The molecule has 1 fully saturated rings. The van der Waals surface area contributed by atoms with Crippen LogP contribution in [0.5, 0.6) is 0 Å². The van der Waals surface area contributed by atoms with Crippen LogP contribution in [0.3, 0.4) is 0 Å². The van der Waals surface area contributed by atoms with E-state index in [-0.39, 0.29) is 9.92 Å². The number of nitrogens with zero attached hydrogens (tertiary/aromatic N) is 1.